The minimum Gasteiger partial charge on any atom is -0.497 e. The first-order valence-corrected chi connectivity index (χ1v) is 7.78. The van der Waals surface area contributed by atoms with Crippen LogP contribution >= 0.6 is 0 Å². The molecular formula is C19H28N2O2. The maximum atomic E-state index is 5.06. The number of nitrogens with one attached hydrogen (secondary N) is 2. The molecule has 0 bridgehead atoms. The lowest BCUT2D eigenvalue weighted by Crippen LogP contribution is -2.10. The third-order valence-electron chi connectivity index (χ3n) is 3.36. The zero-order valence-corrected chi connectivity index (χ0v) is 14.6. The van der Waals surface area contributed by atoms with E-state index in [1.54, 1.807) is 14.2 Å². The highest BCUT2D eigenvalue weighted by molar-refractivity contribution is 5.27. The molecule has 2 aromatic rings. The predicted octanol–water partition coefficient (Wildman–Crippen LogP) is 2.87. The second kappa shape index (κ2) is 11.5. The number of hydrogen-bond donors (Lipinski definition) is 2. The van der Waals surface area contributed by atoms with Gasteiger partial charge in [0.1, 0.15) is 11.5 Å². The fourth-order valence-corrected chi connectivity index (χ4v) is 2.01. The van der Waals surface area contributed by atoms with Crippen molar-refractivity contribution in [2.24, 2.45) is 0 Å². The molecule has 2 aromatic carbocycles. The summed E-state index contributed by atoms with van der Waals surface area (Å²) in [5, 5.41) is 6.19. The normalized spacial score (nSPS) is 9.74. The van der Waals surface area contributed by atoms with E-state index in [0.29, 0.717) is 0 Å². The summed E-state index contributed by atoms with van der Waals surface area (Å²) in [5.74, 6) is 1.83. The molecule has 0 aliphatic heterocycles. The highest BCUT2D eigenvalue weighted by atomic mass is 16.5. The van der Waals surface area contributed by atoms with Crippen LogP contribution in [0.25, 0.3) is 0 Å². The van der Waals surface area contributed by atoms with Gasteiger partial charge in [-0.05, 0) is 62.5 Å². The fourth-order valence-electron chi connectivity index (χ4n) is 2.01. The van der Waals surface area contributed by atoms with Gasteiger partial charge in [0.15, 0.2) is 0 Å². The quantitative estimate of drug-likeness (QED) is 0.824. The Labute approximate surface area is 139 Å². The highest BCUT2D eigenvalue weighted by Gasteiger charge is 1.92. The van der Waals surface area contributed by atoms with Crippen molar-refractivity contribution >= 4 is 0 Å². The van der Waals surface area contributed by atoms with Gasteiger partial charge < -0.3 is 20.1 Å². The molecule has 4 heteroatoms. The van der Waals surface area contributed by atoms with Crippen LogP contribution in [-0.4, -0.2) is 34.9 Å². The average Bonchev–Trinajstić information content (AvgIpc) is 2.62. The third-order valence-corrected chi connectivity index (χ3v) is 3.36. The molecule has 0 saturated carbocycles. The van der Waals surface area contributed by atoms with Crippen molar-refractivity contribution < 1.29 is 9.47 Å². The Bertz CT molecular complexity index is 524. The molecule has 0 saturated heterocycles. The standard InChI is InChI=1S/C10H15NO.C9H13NO/c1-11-8-7-9-3-5-10(12-2)6-4-9;1-10-7-8-3-5-9(11-2)6-4-8/h3-6,11H,7-8H2,1-2H3;3-6,10H,7H2,1-2H3. The van der Waals surface area contributed by atoms with E-state index >= 15 is 0 Å². The molecule has 0 atom stereocenters. The smallest absolute Gasteiger partial charge is 0.118 e. The molecule has 126 valence electrons. The fraction of sp³-hybridized carbons (Fsp3) is 0.368. The van der Waals surface area contributed by atoms with E-state index in [2.05, 4.69) is 34.9 Å². The summed E-state index contributed by atoms with van der Waals surface area (Å²) in [4.78, 5) is 0. The monoisotopic (exact) mass is 316 g/mol. The van der Waals surface area contributed by atoms with Gasteiger partial charge in [0, 0.05) is 6.54 Å². The molecule has 0 aliphatic rings. The Morgan fingerprint density at radius 1 is 0.696 bits per heavy atom. The molecule has 0 radical (unpaired) electrons. The van der Waals surface area contributed by atoms with E-state index < -0.39 is 0 Å². The van der Waals surface area contributed by atoms with Gasteiger partial charge in [-0.3, -0.25) is 0 Å². The maximum absolute atomic E-state index is 5.06. The molecule has 0 amide bonds. The number of ether oxygens (including phenoxy) is 2. The molecular weight excluding hydrogens is 288 g/mol. The van der Waals surface area contributed by atoms with Crippen LogP contribution in [-0.2, 0) is 13.0 Å². The van der Waals surface area contributed by atoms with Gasteiger partial charge in [-0.2, -0.15) is 0 Å². The molecule has 0 aliphatic carbocycles. The van der Waals surface area contributed by atoms with Gasteiger partial charge in [-0.25, -0.2) is 0 Å². The zero-order chi connectivity index (χ0) is 16.9. The third kappa shape index (κ3) is 7.68. The van der Waals surface area contributed by atoms with Crippen molar-refractivity contribution in [3.63, 3.8) is 0 Å². The van der Waals surface area contributed by atoms with Crippen molar-refractivity contribution in [3.05, 3.63) is 59.7 Å². The van der Waals surface area contributed by atoms with Gasteiger partial charge in [0.25, 0.3) is 0 Å². The SMILES string of the molecule is CNCCc1ccc(OC)cc1.CNCc1ccc(OC)cc1. The summed E-state index contributed by atoms with van der Waals surface area (Å²) >= 11 is 0. The molecule has 2 rings (SSSR count). The van der Waals surface area contributed by atoms with Crippen molar-refractivity contribution in [2.75, 3.05) is 34.9 Å². The van der Waals surface area contributed by atoms with Gasteiger partial charge in [-0.15, -0.1) is 0 Å². The van der Waals surface area contributed by atoms with E-state index in [0.717, 1.165) is 31.0 Å². The number of hydrogen-bond acceptors (Lipinski definition) is 4. The predicted molar refractivity (Wildman–Crippen MR) is 96.4 cm³/mol. The molecule has 0 aromatic heterocycles. The van der Waals surface area contributed by atoms with Gasteiger partial charge in [-0.1, -0.05) is 24.3 Å². The molecule has 0 unspecified atom stereocenters. The summed E-state index contributed by atoms with van der Waals surface area (Å²) in [7, 11) is 7.25. The van der Waals surface area contributed by atoms with Crippen molar-refractivity contribution in [2.45, 2.75) is 13.0 Å². The number of likely N-dealkylation sites (N-methyl/N-ethyl adjacent to an activating group) is 1. The Kier molecular flexibility index (Phi) is 9.52. The van der Waals surface area contributed by atoms with Crippen LogP contribution in [0.5, 0.6) is 11.5 Å². The lowest BCUT2D eigenvalue weighted by molar-refractivity contribution is 0.414. The average molecular weight is 316 g/mol. The molecule has 0 fully saturated rings. The summed E-state index contributed by atoms with van der Waals surface area (Å²) in [6.07, 6.45) is 1.07. The van der Waals surface area contributed by atoms with Crippen LogP contribution in [0.1, 0.15) is 11.1 Å². The topological polar surface area (TPSA) is 42.5 Å². The minimum absolute atomic E-state index is 0.907. The van der Waals surface area contributed by atoms with E-state index in [-0.39, 0.29) is 0 Å². The Morgan fingerprint density at radius 2 is 1.17 bits per heavy atom. The van der Waals surface area contributed by atoms with E-state index in [1.165, 1.54) is 11.1 Å². The first kappa shape index (κ1) is 19.0. The van der Waals surface area contributed by atoms with Crippen molar-refractivity contribution in [1.82, 2.24) is 10.6 Å². The number of benzene rings is 2. The van der Waals surface area contributed by atoms with Crippen LogP contribution in [0.3, 0.4) is 0 Å². The van der Waals surface area contributed by atoms with E-state index in [4.69, 9.17) is 9.47 Å². The molecule has 0 heterocycles. The molecule has 0 spiro atoms. The second-order valence-electron chi connectivity index (χ2n) is 5.08. The summed E-state index contributed by atoms with van der Waals surface area (Å²) in [6.45, 7) is 1.93. The molecule has 2 N–H and O–H groups in total. The maximum Gasteiger partial charge on any atom is 0.118 e. The van der Waals surface area contributed by atoms with Gasteiger partial charge in [0.05, 0.1) is 14.2 Å². The van der Waals surface area contributed by atoms with E-state index in [1.807, 2.05) is 38.4 Å². The Balaban J connectivity index is 0.000000231. The lowest BCUT2D eigenvalue weighted by atomic mass is 10.1. The Hall–Kier alpha value is -2.04. The first-order chi connectivity index (χ1) is 11.2. The van der Waals surface area contributed by atoms with Gasteiger partial charge in [0.2, 0.25) is 0 Å². The zero-order valence-electron chi connectivity index (χ0n) is 14.6. The Morgan fingerprint density at radius 3 is 1.57 bits per heavy atom. The van der Waals surface area contributed by atoms with Crippen LogP contribution in [0.4, 0.5) is 0 Å². The van der Waals surface area contributed by atoms with E-state index in [9.17, 15) is 0 Å². The molecule has 23 heavy (non-hydrogen) atoms. The molecule has 4 nitrogen and oxygen atoms in total. The van der Waals surface area contributed by atoms with Crippen molar-refractivity contribution in [3.8, 4) is 11.5 Å². The summed E-state index contributed by atoms with van der Waals surface area (Å²) in [6, 6.07) is 16.2. The van der Waals surface area contributed by atoms with Crippen LogP contribution in [0.15, 0.2) is 48.5 Å². The van der Waals surface area contributed by atoms with Crippen LogP contribution < -0.4 is 20.1 Å². The first-order valence-electron chi connectivity index (χ1n) is 7.78. The van der Waals surface area contributed by atoms with Crippen molar-refractivity contribution in [1.29, 1.82) is 0 Å². The van der Waals surface area contributed by atoms with Gasteiger partial charge >= 0.3 is 0 Å². The number of rotatable bonds is 7. The summed E-state index contributed by atoms with van der Waals surface area (Å²) in [5.41, 5.74) is 2.61. The number of methoxy groups -OCH3 is 2. The van der Waals surface area contributed by atoms with Crippen LogP contribution in [0, 0.1) is 0 Å². The summed E-state index contributed by atoms with van der Waals surface area (Å²) < 4.78 is 10.1. The second-order valence-corrected chi connectivity index (χ2v) is 5.08. The highest BCUT2D eigenvalue weighted by Crippen LogP contribution is 2.11. The lowest BCUT2D eigenvalue weighted by Gasteiger charge is -2.02. The minimum atomic E-state index is 0.907. The largest absolute Gasteiger partial charge is 0.497 e. The van der Waals surface area contributed by atoms with Crippen LogP contribution in [0.2, 0.25) is 0 Å².